The quantitative estimate of drug-likeness (QED) is 0.803. The van der Waals surface area contributed by atoms with Gasteiger partial charge in [0.15, 0.2) is 0 Å². The van der Waals surface area contributed by atoms with Gasteiger partial charge in [-0.1, -0.05) is 29.8 Å². The highest BCUT2D eigenvalue weighted by Crippen LogP contribution is 2.27. The maximum atomic E-state index is 11.6. The Labute approximate surface area is 133 Å². The molecule has 1 aromatic heterocycles. The lowest BCUT2D eigenvalue weighted by Crippen LogP contribution is -2.26. The first-order valence-corrected chi connectivity index (χ1v) is 7.97. The Morgan fingerprint density at radius 2 is 2.19 bits per heavy atom. The summed E-state index contributed by atoms with van der Waals surface area (Å²) in [6, 6.07) is 11.8. The van der Waals surface area contributed by atoms with Gasteiger partial charge in [-0.05, 0) is 36.1 Å². The number of thiophene rings is 1. The summed E-state index contributed by atoms with van der Waals surface area (Å²) in [5, 5.41) is 6.19. The standard InChI is InChI=1S/C16H18ClNO2S/c1-11(12-5-3-6-13(17)9-12)18-14(10-16(19)20-2)15-7-4-8-21-15/h3-9,11,14,18H,10H2,1-2H3. The second-order valence-corrected chi connectivity index (χ2v) is 6.21. The molecule has 5 heteroatoms. The second-order valence-electron chi connectivity index (χ2n) is 4.79. The lowest BCUT2D eigenvalue weighted by Gasteiger charge is -2.22. The summed E-state index contributed by atoms with van der Waals surface area (Å²) >= 11 is 7.66. The molecule has 21 heavy (non-hydrogen) atoms. The largest absolute Gasteiger partial charge is 0.469 e. The molecular weight excluding hydrogens is 306 g/mol. The topological polar surface area (TPSA) is 38.3 Å². The molecule has 0 aliphatic rings. The number of hydrogen-bond acceptors (Lipinski definition) is 4. The van der Waals surface area contributed by atoms with Crippen molar-refractivity contribution in [3.05, 3.63) is 57.2 Å². The van der Waals surface area contributed by atoms with Crippen molar-refractivity contribution in [2.24, 2.45) is 0 Å². The maximum Gasteiger partial charge on any atom is 0.307 e. The van der Waals surface area contributed by atoms with Gasteiger partial charge in [-0.3, -0.25) is 4.79 Å². The molecule has 1 heterocycles. The minimum absolute atomic E-state index is 0.0635. The number of nitrogens with one attached hydrogen (secondary N) is 1. The van der Waals surface area contributed by atoms with Crippen molar-refractivity contribution in [2.45, 2.75) is 25.4 Å². The smallest absolute Gasteiger partial charge is 0.307 e. The summed E-state index contributed by atoms with van der Waals surface area (Å²) in [5.41, 5.74) is 1.09. The van der Waals surface area contributed by atoms with E-state index in [2.05, 4.69) is 12.2 Å². The van der Waals surface area contributed by atoms with Crippen molar-refractivity contribution in [2.75, 3.05) is 7.11 Å². The monoisotopic (exact) mass is 323 g/mol. The van der Waals surface area contributed by atoms with Crippen LogP contribution in [0, 0.1) is 0 Å². The van der Waals surface area contributed by atoms with E-state index in [4.69, 9.17) is 16.3 Å². The average Bonchev–Trinajstić information content (AvgIpc) is 3.00. The number of hydrogen-bond donors (Lipinski definition) is 1. The molecule has 1 N–H and O–H groups in total. The molecule has 1 aromatic carbocycles. The van der Waals surface area contributed by atoms with Crippen LogP contribution in [0.15, 0.2) is 41.8 Å². The van der Waals surface area contributed by atoms with E-state index < -0.39 is 0 Å². The molecule has 2 rings (SSSR count). The molecule has 0 spiro atoms. The molecular formula is C16H18ClNO2S. The van der Waals surface area contributed by atoms with E-state index >= 15 is 0 Å². The Morgan fingerprint density at radius 3 is 2.81 bits per heavy atom. The van der Waals surface area contributed by atoms with Crippen molar-refractivity contribution in [1.29, 1.82) is 0 Å². The van der Waals surface area contributed by atoms with E-state index in [1.54, 1.807) is 11.3 Å². The Morgan fingerprint density at radius 1 is 1.38 bits per heavy atom. The van der Waals surface area contributed by atoms with Crippen LogP contribution in [0.25, 0.3) is 0 Å². The number of ether oxygens (including phenoxy) is 1. The molecule has 0 bridgehead atoms. The lowest BCUT2D eigenvalue weighted by molar-refractivity contribution is -0.141. The third-order valence-electron chi connectivity index (χ3n) is 3.28. The Bertz CT molecular complexity index is 586. The number of benzene rings is 1. The molecule has 2 aromatic rings. The van der Waals surface area contributed by atoms with Crippen LogP contribution in [0.3, 0.4) is 0 Å². The fourth-order valence-corrected chi connectivity index (χ4v) is 3.14. The molecule has 0 aliphatic heterocycles. The molecule has 0 aliphatic carbocycles. The average molecular weight is 324 g/mol. The zero-order valence-corrected chi connectivity index (χ0v) is 13.6. The number of carbonyl (C=O) groups excluding carboxylic acids is 1. The first-order chi connectivity index (χ1) is 10.1. The van der Waals surface area contributed by atoms with Gasteiger partial charge in [0.05, 0.1) is 19.6 Å². The lowest BCUT2D eigenvalue weighted by atomic mass is 10.1. The second kappa shape index (κ2) is 7.59. The maximum absolute atomic E-state index is 11.6. The number of esters is 1. The van der Waals surface area contributed by atoms with E-state index in [-0.39, 0.29) is 18.1 Å². The van der Waals surface area contributed by atoms with Crippen LogP contribution in [-0.2, 0) is 9.53 Å². The van der Waals surface area contributed by atoms with Gasteiger partial charge in [0.25, 0.3) is 0 Å². The van der Waals surface area contributed by atoms with E-state index in [0.29, 0.717) is 11.4 Å². The minimum atomic E-state index is -0.223. The van der Waals surface area contributed by atoms with Crippen LogP contribution in [0.1, 0.15) is 35.9 Å². The van der Waals surface area contributed by atoms with Crippen molar-refractivity contribution in [1.82, 2.24) is 5.32 Å². The first-order valence-electron chi connectivity index (χ1n) is 6.72. The zero-order chi connectivity index (χ0) is 15.2. The number of carbonyl (C=O) groups is 1. The van der Waals surface area contributed by atoms with Crippen LogP contribution in [0.2, 0.25) is 5.02 Å². The number of rotatable bonds is 6. The Hall–Kier alpha value is -1.36. The van der Waals surface area contributed by atoms with Crippen LogP contribution >= 0.6 is 22.9 Å². The molecule has 0 fully saturated rings. The highest BCUT2D eigenvalue weighted by molar-refractivity contribution is 7.10. The normalized spacial score (nSPS) is 13.7. The summed E-state index contributed by atoms with van der Waals surface area (Å²) in [6.45, 7) is 2.06. The van der Waals surface area contributed by atoms with Gasteiger partial charge in [0.2, 0.25) is 0 Å². The molecule has 0 saturated heterocycles. The summed E-state index contributed by atoms with van der Waals surface area (Å²) in [5.74, 6) is -0.223. The first kappa shape index (κ1) is 16.0. The minimum Gasteiger partial charge on any atom is -0.469 e. The molecule has 2 atom stereocenters. The van der Waals surface area contributed by atoms with Gasteiger partial charge >= 0.3 is 5.97 Å². The van der Waals surface area contributed by atoms with Crippen LogP contribution < -0.4 is 5.32 Å². The predicted molar refractivity (Wildman–Crippen MR) is 86.7 cm³/mol. The van der Waals surface area contributed by atoms with Gasteiger partial charge in [-0.2, -0.15) is 0 Å². The van der Waals surface area contributed by atoms with E-state index in [0.717, 1.165) is 10.4 Å². The van der Waals surface area contributed by atoms with Crippen molar-refractivity contribution in [3.63, 3.8) is 0 Å². The van der Waals surface area contributed by atoms with Crippen molar-refractivity contribution in [3.8, 4) is 0 Å². The van der Waals surface area contributed by atoms with Crippen LogP contribution in [0.5, 0.6) is 0 Å². The van der Waals surface area contributed by atoms with Gasteiger partial charge in [-0.25, -0.2) is 0 Å². The Balaban J connectivity index is 2.12. The fraction of sp³-hybridized carbons (Fsp3) is 0.312. The molecule has 0 amide bonds. The van der Waals surface area contributed by atoms with Crippen LogP contribution in [0.4, 0.5) is 0 Å². The molecule has 2 unspecified atom stereocenters. The summed E-state index contributed by atoms with van der Waals surface area (Å²) in [6.07, 6.45) is 0.307. The molecule has 112 valence electrons. The van der Waals surface area contributed by atoms with Gasteiger partial charge in [0, 0.05) is 15.9 Å². The van der Waals surface area contributed by atoms with E-state index in [1.807, 2.05) is 41.8 Å². The highest BCUT2D eigenvalue weighted by atomic mass is 35.5. The highest BCUT2D eigenvalue weighted by Gasteiger charge is 2.20. The SMILES string of the molecule is COC(=O)CC(NC(C)c1cccc(Cl)c1)c1cccs1. The van der Waals surface area contributed by atoms with Gasteiger partial charge in [0.1, 0.15) is 0 Å². The third kappa shape index (κ3) is 4.56. The van der Waals surface area contributed by atoms with Crippen molar-refractivity contribution < 1.29 is 9.53 Å². The third-order valence-corrected chi connectivity index (χ3v) is 4.51. The number of halogens is 1. The summed E-state index contributed by atoms with van der Waals surface area (Å²) in [7, 11) is 1.41. The van der Waals surface area contributed by atoms with E-state index in [1.165, 1.54) is 7.11 Å². The zero-order valence-electron chi connectivity index (χ0n) is 12.0. The molecule has 0 radical (unpaired) electrons. The Kier molecular flexibility index (Phi) is 5.79. The number of methoxy groups -OCH3 is 1. The van der Waals surface area contributed by atoms with Crippen molar-refractivity contribution >= 4 is 28.9 Å². The fourth-order valence-electron chi connectivity index (χ4n) is 2.16. The van der Waals surface area contributed by atoms with Gasteiger partial charge in [-0.15, -0.1) is 11.3 Å². The summed E-state index contributed by atoms with van der Waals surface area (Å²) in [4.78, 5) is 12.7. The summed E-state index contributed by atoms with van der Waals surface area (Å²) < 4.78 is 4.79. The predicted octanol–water partition coefficient (Wildman–Crippen LogP) is 4.36. The van der Waals surface area contributed by atoms with Crippen LogP contribution in [-0.4, -0.2) is 13.1 Å². The molecule has 0 saturated carbocycles. The van der Waals surface area contributed by atoms with E-state index in [9.17, 15) is 4.79 Å². The molecule has 3 nitrogen and oxygen atoms in total. The van der Waals surface area contributed by atoms with Gasteiger partial charge < -0.3 is 10.1 Å².